The summed E-state index contributed by atoms with van der Waals surface area (Å²) < 4.78 is 2.74. The Kier molecular flexibility index (Phi) is 4.91. The van der Waals surface area contributed by atoms with Crippen LogP contribution in [0, 0.1) is 0 Å². The van der Waals surface area contributed by atoms with Crippen molar-refractivity contribution >= 4 is 16.7 Å². The van der Waals surface area contributed by atoms with E-state index in [4.69, 9.17) is 0 Å². The van der Waals surface area contributed by atoms with Gasteiger partial charge in [-0.15, -0.1) is 0 Å². The van der Waals surface area contributed by atoms with E-state index >= 15 is 0 Å². The zero-order valence-corrected chi connectivity index (χ0v) is 16.2. The summed E-state index contributed by atoms with van der Waals surface area (Å²) in [6, 6.07) is 21.5. The van der Waals surface area contributed by atoms with Crippen LogP contribution in [0.4, 0.5) is 0 Å². The molecule has 0 aliphatic rings. The van der Waals surface area contributed by atoms with Gasteiger partial charge in [0.2, 0.25) is 0 Å². The number of carbonyl (C=O) groups excluding carboxylic acids is 1. The number of hydrogen-bond acceptors (Lipinski definition) is 4. The molecule has 0 N–H and O–H groups in total. The number of para-hydroxylation sites is 1. The SMILES string of the molecule is CC(C)N=c1ccccn1C(=O)c1nn(-c2ccccc2)c(=O)c2ccccc12. The second-order valence-corrected chi connectivity index (χ2v) is 6.90. The van der Waals surface area contributed by atoms with E-state index in [1.54, 1.807) is 54.7 Å². The molecule has 0 unspecified atom stereocenters. The van der Waals surface area contributed by atoms with Gasteiger partial charge < -0.3 is 0 Å². The number of carbonyl (C=O) groups is 1. The van der Waals surface area contributed by atoms with E-state index in [0.29, 0.717) is 21.9 Å². The molecule has 2 heterocycles. The van der Waals surface area contributed by atoms with Crippen molar-refractivity contribution in [2.75, 3.05) is 0 Å². The highest BCUT2D eigenvalue weighted by Crippen LogP contribution is 2.16. The van der Waals surface area contributed by atoms with Crippen molar-refractivity contribution in [3.63, 3.8) is 0 Å². The van der Waals surface area contributed by atoms with Crippen molar-refractivity contribution in [2.24, 2.45) is 4.99 Å². The molecular weight excluding hydrogens is 364 g/mol. The molecule has 0 spiro atoms. The smallest absolute Gasteiger partial charge is 0.267 e. The van der Waals surface area contributed by atoms with Crippen LogP contribution in [-0.2, 0) is 0 Å². The van der Waals surface area contributed by atoms with Crippen LogP contribution in [0.5, 0.6) is 0 Å². The largest absolute Gasteiger partial charge is 0.284 e. The molecule has 0 saturated heterocycles. The van der Waals surface area contributed by atoms with Crippen molar-refractivity contribution in [1.29, 1.82) is 0 Å². The first-order chi connectivity index (χ1) is 14.1. The number of pyridine rings is 1. The van der Waals surface area contributed by atoms with Gasteiger partial charge in [-0.3, -0.25) is 19.1 Å². The molecule has 0 fully saturated rings. The summed E-state index contributed by atoms with van der Waals surface area (Å²) in [7, 11) is 0. The number of rotatable bonds is 3. The van der Waals surface area contributed by atoms with Crippen LogP contribution in [-0.4, -0.2) is 26.3 Å². The van der Waals surface area contributed by atoms with Gasteiger partial charge in [0.25, 0.3) is 11.5 Å². The standard InChI is InChI=1S/C23H20N4O2/c1-16(2)24-20-14-8-9-15-26(20)23(29)21-18-12-6-7-13-19(18)22(28)27(25-21)17-10-4-3-5-11-17/h3-16H,1-2H3. The number of fused-ring (bicyclic) bond motifs is 1. The Morgan fingerprint density at radius 2 is 1.55 bits per heavy atom. The topological polar surface area (TPSA) is 69.2 Å². The molecule has 6 nitrogen and oxygen atoms in total. The molecule has 4 aromatic rings. The van der Waals surface area contributed by atoms with Crippen LogP contribution >= 0.6 is 0 Å². The molecule has 0 atom stereocenters. The van der Waals surface area contributed by atoms with Crippen LogP contribution in [0.2, 0.25) is 0 Å². The molecule has 0 radical (unpaired) electrons. The minimum absolute atomic E-state index is 0.0272. The average Bonchev–Trinajstić information content (AvgIpc) is 2.74. The van der Waals surface area contributed by atoms with Gasteiger partial charge in [-0.2, -0.15) is 9.78 Å². The fraction of sp³-hybridized carbons (Fsp3) is 0.130. The van der Waals surface area contributed by atoms with Gasteiger partial charge in [0, 0.05) is 17.6 Å². The van der Waals surface area contributed by atoms with Gasteiger partial charge in [0.05, 0.1) is 11.1 Å². The van der Waals surface area contributed by atoms with Gasteiger partial charge in [-0.25, -0.2) is 0 Å². The predicted molar refractivity (Wildman–Crippen MR) is 112 cm³/mol. The monoisotopic (exact) mass is 384 g/mol. The lowest BCUT2D eigenvalue weighted by atomic mass is 10.1. The zero-order chi connectivity index (χ0) is 20.4. The number of aromatic nitrogens is 3. The second-order valence-electron chi connectivity index (χ2n) is 6.90. The summed E-state index contributed by atoms with van der Waals surface area (Å²) in [6.45, 7) is 3.90. The first kappa shape index (κ1) is 18.6. The molecule has 0 bridgehead atoms. The Bertz CT molecular complexity index is 1320. The van der Waals surface area contributed by atoms with E-state index in [0.717, 1.165) is 0 Å². The third-order valence-corrected chi connectivity index (χ3v) is 4.46. The van der Waals surface area contributed by atoms with Crippen molar-refractivity contribution in [1.82, 2.24) is 14.3 Å². The first-order valence-corrected chi connectivity index (χ1v) is 9.40. The van der Waals surface area contributed by atoms with Gasteiger partial charge in [0.15, 0.2) is 5.69 Å². The van der Waals surface area contributed by atoms with E-state index in [1.807, 2.05) is 38.1 Å². The zero-order valence-electron chi connectivity index (χ0n) is 16.2. The summed E-state index contributed by atoms with van der Waals surface area (Å²) in [5, 5.41) is 5.41. The predicted octanol–water partition coefficient (Wildman–Crippen LogP) is 3.18. The molecular formula is C23H20N4O2. The van der Waals surface area contributed by atoms with Crippen LogP contribution in [0.3, 0.4) is 0 Å². The van der Waals surface area contributed by atoms with E-state index < -0.39 is 0 Å². The van der Waals surface area contributed by atoms with E-state index in [-0.39, 0.29) is 23.2 Å². The summed E-state index contributed by atoms with van der Waals surface area (Å²) >= 11 is 0. The third-order valence-electron chi connectivity index (χ3n) is 4.46. The van der Waals surface area contributed by atoms with Gasteiger partial charge >= 0.3 is 0 Å². The lowest BCUT2D eigenvalue weighted by Crippen LogP contribution is -2.31. The molecule has 29 heavy (non-hydrogen) atoms. The average molecular weight is 384 g/mol. The highest BCUT2D eigenvalue weighted by atomic mass is 16.2. The van der Waals surface area contributed by atoms with Gasteiger partial charge in [-0.05, 0) is 44.2 Å². The van der Waals surface area contributed by atoms with Crippen LogP contribution in [0.1, 0.15) is 24.3 Å². The van der Waals surface area contributed by atoms with E-state index in [9.17, 15) is 9.59 Å². The summed E-state index contributed by atoms with van der Waals surface area (Å²) in [4.78, 5) is 31.0. The molecule has 0 aliphatic carbocycles. The molecule has 4 rings (SSSR count). The fourth-order valence-corrected chi connectivity index (χ4v) is 3.18. The third kappa shape index (κ3) is 3.52. The summed E-state index contributed by atoms with van der Waals surface area (Å²) in [5.74, 6) is -0.342. The van der Waals surface area contributed by atoms with E-state index in [1.165, 1.54) is 9.25 Å². The quantitative estimate of drug-likeness (QED) is 0.545. The molecule has 2 aromatic carbocycles. The second kappa shape index (κ2) is 7.67. The molecule has 0 amide bonds. The lowest BCUT2D eigenvalue weighted by Gasteiger charge is -2.12. The molecule has 2 aromatic heterocycles. The van der Waals surface area contributed by atoms with Gasteiger partial charge in [0.1, 0.15) is 5.49 Å². The lowest BCUT2D eigenvalue weighted by molar-refractivity contribution is 0.0950. The molecule has 144 valence electrons. The Morgan fingerprint density at radius 1 is 0.897 bits per heavy atom. The Hall–Kier alpha value is -3.80. The molecule has 0 aliphatic heterocycles. The number of hydrogen-bond donors (Lipinski definition) is 0. The van der Waals surface area contributed by atoms with Crippen molar-refractivity contribution in [2.45, 2.75) is 19.9 Å². The van der Waals surface area contributed by atoms with Gasteiger partial charge in [-0.1, -0.05) is 42.5 Å². The van der Waals surface area contributed by atoms with Crippen molar-refractivity contribution < 1.29 is 4.79 Å². The fourth-order valence-electron chi connectivity index (χ4n) is 3.18. The summed E-state index contributed by atoms with van der Waals surface area (Å²) in [6.07, 6.45) is 1.66. The molecule has 6 heteroatoms. The first-order valence-electron chi connectivity index (χ1n) is 9.40. The van der Waals surface area contributed by atoms with Crippen LogP contribution < -0.4 is 11.0 Å². The van der Waals surface area contributed by atoms with Crippen LogP contribution in [0.25, 0.3) is 16.5 Å². The minimum atomic E-state index is -0.342. The Labute approximate surface area is 167 Å². The maximum absolute atomic E-state index is 13.5. The highest BCUT2D eigenvalue weighted by Gasteiger charge is 2.19. The summed E-state index contributed by atoms with van der Waals surface area (Å²) in [5.41, 5.74) is 1.06. The highest BCUT2D eigenvalue weighted by molar-refractivity contribution is 6.05. The van der Waals surface area contributed by atoms with E-state index in [2.05, 4.69) is 10.1 Å². The van der Waals surface area contributed by atoms with Crippen molar-refractivity contribution in [3.05, 3.63) is 101 Å². The Balaban J connectivity index is 2.01. The maximum Gasteiger partial charge on any atom is 0.284 e. The maximum atomic E-state index is 13.5. The van der Waals surface area contributed by atoms with Crippen LogP contribution in [0.15, 0.2) is 88.8 Å². The molecule has 0 saturated carbocycles. The minimum Gasteiger partial charge on any atom is -0.267 e. The number of benzene rings is 2. The number of nitrogens with zero attached hydrogens (tertiary/aromatic N) is 4. The Morgan fingerprint density at radius 3 is 2.28 bits per heavy atom. The van der Waals surface area contributed by atoms with Crippen molar-refractivity contribution in [3.8, 4) is 5.69 Å². The normalized spacial score (nSPS) is 11.9.